The third-order valence-electron chi connectivity index (χ3n) is 2.81. The summed E-state index contributed by atoms with van der Waals surface area (Å²) in [6.45, 7) is 0.888. The molecule has 17 heavy (non-hydrogen) atoms. The van der Waals surface area contributed by atoms with Crippen molar-refractivity contribution in [2.75, 3.05) is 6.54 Å². The molecule has 1 fully saturated rings. The van der Waals surface area contributed by atoms with E-state index in [1.165, 1.54) is 10.8 Å². The molecule has 1 amide bonds. The maximum Gasteiger partial charge on any atom is 0.219 e. The first kappa shape index (κ1) is 11.6. The number of hydrogen-bond donors (Lipinski definition) is 1. The van der Waals surface area contributed by atoms with Gasteiger partial charge in [0, 0.05) is 13.0 Å². The van der Waals surface area contributed by atoms with E-state index in [-0.39, 0.29) is 5.91 Å². The molecular formula is C15H17NO. The Hall–Kier alpha value is -1.83. The van der Waals surface area contributed by atoms with E-state index in [9.17, 15) is 4.79 Å². The highest BCUT2D eigenvalue weighted by atomic mass is 16.1. The average molecular weight is 227 g/mol. The zero-order chi connectivity index (χ0) is 11.9. The van der Waals surface area contributed by atoms with Crippen LogP contribution < -0.4 is 5.32 Å². The minimum absolute atomic E-state index is 0.214. The lowest BCUT2D eigenvalue weighted by Crippen LogP contribution is -2.28. The summed E-state index contributed by atoms with van der Waals surface area (Å²) in [6, 6.07) is 16.7. The van der Waals surface area contributed by atoms with Crippen LogP contribution in [0, 0.1) is 0 Å². The van der Waals surface area contributed by atoms with Crippen molar-refractivity contribution in [1.29, 1.82) is 0 Å². The van der Waals surface area contributed by atoms with Crippen LogP contribution in [0.4, 0.5) is 0 Å². The van der Waals surface area contributed by atoms with Gasteiger partial charge in [0.25, 0.3) is 0 Å². The van der Waals surface area contributed by atoms with E-state index in [0.717, 1.165) is 25.8 Å². The van der Waals surface area contributed by atoms with E-state index >= 15 is 0 Å². The van der Waals surface area contributed by atoms with E-state index < -0.39 is 0 Å². The van der Waals surface area contributed by atoms with Crippen LogP contribution in [0.2, 0.25) is 0 Å². The summed E-state index contributed by atoms with van der Waals surface area (Å²) < 4.78 is 0. The monoisotopic (exact) mass is 227 g/mol. The molecule has 0 spiro atoms. The van der Waals surface area contributed by atoms with E-state index in [0.29, 0.717) is 0 Å². The Bertz CT molecular complexity index is 420. The van der Waals surface area contributed by atoms with Gasteiger partial charge >= 0.3 is 0 Å². The van der Waals surface area contributed by atoms with Gasteiger partial charge < -0.3 is 5.32 Å². The molecule has 1 heterocycles. The summed E-state index contributed by atoms with van der Waals surface area (Å²) in [4.78, 5) is 10.4. The summed E-state index contributed by atoms with van der Waals surface area (Å²) in [6.07, 6.45) is 2.97. The van der Waals surface area contributed by atoms with Gasteiger partial charge in [-0.25, -0.2) is 0 Å². The van der Waals surface area contributed by atoms with Gasteiger partial charge in [-0.3, -0.25) is 4.79 Å². The van der Waals surface area contributed by atoms with Crippen molar-refractivity contribution in [2.45, 2.75) is 19.3 Å². The van der Waals surface area contributed by atoms with Crippen LogP contribution in [0.3, 0.4) is 0 Å². The van der Waals surface area contributed by atoms with Crippen molar-refractivity contribution < 1.29 is 4.79 Å². The third-order valence-corrected chi connectivity index (χ3v) is 2.81. The molecule has 0 saturated carbocycles. The normalized spacial score (nSPS) is 14.7. The Morgan fingerprint density at radius 1 is 0.824 bits per heavy atom. The lowest BCUT2D eigenvalue weighted by molar-refractivity contribution is -0.122. The largest absolute Gasteiger partial charge is 0.356 e. The summed E-state index contributed by atoms with van der Waals surface area (Å²) in [5.74, 6) is 0.214. The minimum atomic E-state index is 0.214. The SMILES string of the molecule is O=C1CCCCN1.c1ccc2ccccc2c1. The number of hydrogen-bond acceptors (Lipinski definition) is 1. The van der Waals surface area contributed by atoms with Crippen molar-refractivity contribution in [2.24, 2.45) is 0 Å². The third kappa shape index (κ3) is 3.59. The van der Waals surface area contributed by atoms with Crippen molar-refractivity contribution >= 4 is 16.7 Å². The summed E-state index contributed by atoms with van der Waals surface area (Å²) in [7, 11) is 0. The first-order valence-electron chi connectivity index (χ1n) is 6.07. The van der Waals surface area contributed by atoms with Gasteiger partial charge in [0.15, 0.2) is 0 Å². The Kier molecular flexibility index (Phi) is 4.14. The second-order valence-corrected chi connectivity index (χ2v) is 4.15. The van der Waals surface area contributed by atoms with Crippen LogP contribution in [0.25, 0.3) is 10.8 Å². The second-order valence-electron chi connectivity index (χ2n) is 4.15. The number of fused-ring (bicyclic) bond motifs is 1. The lowest BCUT2D eigenvalue weighted by Gasteiger charge is -2.08. The highest BCUT2D eigenvalue weighted by Gasteiger charge is 2.04. The first-order valence-corrected chi connectivity index (χ1v) is 6.07. The van der Waals surface area contributed by atoms with Crippen LogP contribution in [0.1, 0.15) is 19.3 Å². The predicted molar refractivity (Wildman–Crippen MR) is 70.8 cm³/mol. The van der Waals surface area contributed by atoms with E-state index in [4.69, 9.17) is 0 Å². The molecule has 0 unspecified atom stereocenters. The van der Waals surface area contributed by atoms with Crippen LogP contribution >= 0.6 is 0 Å². The molecule has 2 aromatic rings. The van der Waals surface area contributed by atoms with Crippen LogP contribution in [0.5, 0.6) is 0 Å². The first-order chi connectivity index (χ1) is 8.36. The fourth-order valence-electron chi connectivity index (χ4n) is 1.86. The summed E-state index contributed by atoms with van der Waals surface area (Å²) in [5.41, 5.74) is 0. The van der Waals surface area contributed by atoms with Gasteiger partial charge in [0.1, 0.15) is 0 Å². The zero-order valence-corrected chi connectivity index (χ0v) is 9.86. The maximum absolute atomic E-state index is 10.4. The molecule has 0 aliphatic carbocycles. The van der Waals surface area contributed by atoms with Crippen LogP contribution in [0.15, 0.2) is 48.5 Å². The van der Waals surface area contributed by atoms with Gasteiger partial charge in [-0.15, -0.1) is 0 Å². The van der Waals surface area contributed by atoms with Crippen LogP contribution in [-0.4, -0.2) is 12.5 Å². The van der Waals surface area contributed by atoms with Gasteiger partial charge in [-0.05, 0) is 23.6 Å². The molecule has 1 aliphatic heterocycles. The molecule has 2 nitrogen and oxygen atoms in total. The minimum Gasteiger partial charge on any atom is -0.356 e. The smallest absolute Gasteiger partial charge is 0.219 e. The zero-order valence-electron chi connectivity index (χ0n) is 9.86. The lowest BCUT2D eigenvalue weighted by atomic mass is 10.1. The number of carbonyl (C=O) groups excluding carboxylic acids is 1. The number of nitrogens with one attached hydrogen (secondary N) is 1. The van der Waals surface area contributed by atoms with Crippen molar-refractivity contribution in [3.05, 3.63) is 48.5 Å². The van der Waals surface area contributed by atoms with Crippen molar-refractivity contribution in [1.82, 2.24) is 5.32 Å². The molecular weight excluding hydrogens is 210 g/mol. The van der Waals surface area contributed by atoms with Crippen molar-refractivity contribution in [3.63, 3.8) is 0 Å². The topological polar surface area (TPSA) is 29.1 Å². The highest BCUT2D eigenvalue weighted by molar-refractivity contribution is 5.82. The molecule has 0 atom stereocenters. The van der Waals surface area contributed by atoms with Gasteiger partial charge in [-0.1, -0.05) is 48.5 Å². The molecule has 2 heteroatoms. The molecule has 0 bridgehead atoms. The van der Waals surface area contributed by atoms with Gasteiger partial charge in [-0.2, -0.15) is 0 Å². The molecule has 2 aromatic carbocycles. The van der Waals surface area contributed by atoms with Gasteiger partial charge in [0.05, 0.1) is 0 Å². The Labute approximate surface area is 102 Å². The highest BCUT2D eigenvalue weighted by Crippen LogP contribution is 2.11. The summed E-state index contributed by atoms with van der Waals surface area (Å²) in [5, 5.41) is 5.36. The number of carbonyl (C=O) groups is 1. The Morgan fingerprint density at radius 3 is 1.65 bits per heavy atom. The Balaban J connectivity index is 0.000000136. The molecule has 1 saturated heterocycles. The molecule has 88 valence electrons. The second kappa shape index (κ2) is 6.04. The molecule has 0 aromatic heterocycles. The Morgan fingerprint density at radius 2 is 1.35 bits per heavy atom. The quantitative estimate of drug-likeness (QED) is 0.736. The van der Waals surface area contributed by atoms with Crippen molar-refractivity contribution in [3.8, 4) is 0 Å². The summed E-state index contributed by atoms with van der Waals surface area (Å²) >= 11 is 0. The molecule has 1 N–H and O–H groups in total. The standard InChI is InChI=1S/C10H8.C5H9NO/c1-2-6-10-8-4-3-7-9(10)5-1;7-5-3-1-2-4-6-5/h1-8H;1-4H2,(H,6,7). The number of rotatable bonds is 0. The fraction of sp³-hybridized carbons (Fsp3) is 0.267. The average Bonchev–Trinajstić information content (AvgIpc) is 2.41. The maximum atomic E-state index is 10.4. The number of piperidine rings is 1. The molecule has 0 radical (unpaired) electrons. The molecule has 1 aliphatic rings. The predicted octanol–water partition coefficient (Wildman–Crippen LogP) is 3.13. The fourth-order valence-corrected chi connectivity index (χ4v) is 1.86. The number of amides is 1. The van der Waals surface area contributed by atoms with E-state index in [1.807, 2.05) is 0 Å². The molecule has 3 rings (SSSR count). The van der Waals surface area contributed by atoms with E-state index in [2.05, 4.69) is 53.8 Å². The van der Waals surface area contributed by atoms with Gasteiger partial charge in [0.2, 0.25) is 5.91 Å². The van der Waals surface area contributed by atoms with Crippen LogP contribution in [-0.2, 0) is 4.79 Å². The van der Waals surface area contributed by atoms with E-state index in [1.54, 1.807) is 0 Å². The number of benzene rings is 2.